The third-order valence-corrected chi connectivity index (χ3v) is 3.81. The number of esters is 1. The second kappa shape index (κ2) is 8.30. The molecule has 27 heavy (non-hydrogen) atoms. The number of alkyl halides is 3. The Hall–Kier alpha value is -2.75. The zero-order valence-corrected chi connectivity index (χ0v) is 14.7. The number of ether oxygens (including phenoxy) is 2. The Morgan fingerprint density at radius 1 is 1.37 bits per heavy atom. The van der Waals surface area contributed by atoms with Gasteiger partial charge in [0.2, 0.25) is 0 Å². The zero-order chi connectivity index (χ0) is 20.2. The summed E-state index contributed by atoms with van der Waals surface area (Å²) in [5, 5.41) is 11.9. The first-order valence-electron chi connectivity index (χ1n) is 7.95. The van der Waals surface area contributed by atoms with E-state index in [1.807, 2.05) is 0 Å². The Kier molecular flexibility index (Phi) is 6.32. The number of nitrogens with one attached hydrogen (secondary N) is 1. The van der Waals surface area contributed by atoms with Crippen molar-refractivity contribution in [1.82, 2.24) is 4.90 Å². The van der Waals surface area contributed by atoms with Crippen molar-refractivity contribution in [2.45, 2.75) is 13.1 Å². The van der Waals surface area contributed by atoms with Crippen LogP contribution in [0.15, 0.2) is 29.5 Å². The number of aliphatic hydroxyl groups is 1. The molecule has 0 spiro atoms. The maximum Gasteiger partial charge on any atom is 0.422 e. The molecule has 0 radical (unpaired) electrons. The van der Waals surface area contributed by atoms with Crippen molar-refractivity contribution in [2.24, 2.45) is 0 Å². The first-order chi connectivity index (χ1) is 12.7. The van der Waals surface area contributed by atoms with E-state index in [1.54, 1.807) is 6.92 Å². The summed E-state index contributed by atoms with van der Waals surface area (Å²) in [7, 11) is 1.18. The van der Waals surface area contributed by atoms with Crippen LogP contribution in [0.2, 0.25) is 0 Å². The molecular formula is C17H19F3N2O5. The summed E-state index contributed by atoms with van der Waals surface area (Å²) in [6.07, 6.45) is -4.45. The number of carbonyl (C=O) groups is 2. The van der Waals surface area contributed by atoms with Gasteiger partial charge in [-0.25, -0.2) is 4.79 Å². The van der Waals surface area contributed by atoms with Gasteiger partial charge >= 0.3 is 12.1 Å². The number of hydrogen-bond donors (Lipinski definition) is 2. The second-order valence-corrected chi connectivity index (χ2v) is 5.80. The Morgan fingerprint density at radius 3 is 2.63 bits per heavy atom. The van der Waals surface area contributed by atoms with Crippen molar-refractivity contribution in [3.8, 4) is 5.75 Å². The van der Waals surface area contributed by atoms with Crippen LogP contribution in [0.5, 0.6) is 5.75 Å². The summed E-state index contributed by atoms with van der Waals surface area (Å²) < 4.78 is 46.1. The number of methoxy groups -OCH3 is 1. The van der Waals surface area contributed by atoms with Gasteiger partial charge in [0.15, 0.2) is 6.61 Å². The molecule has 0 aromatic heterocycles. The molecule has 1 aromatic rings. The third-order valence-electron chi connectivity index (χ3n) is 3.81. The zero-order valence-electron chi connectivity index (χ0n) is 14.7. The molecule has 7 nitrogen and oxygen atoms in total. The average Bonchev–Trinajstić information content (AvgIpc) is 2.90. The van der Waals surface area contributed by atoms with Crippen LogP contribution in [0.3, 0.4) is 0 Å². The highest BCUT2D eigenvalue weighted by atomic mass is 19.4. The Bertz CT molecular complexity index is 761. The summed E-state index contributed by atoms with van der Waals surface area (Å²) in [6.45, 7) is -0.0246. The number of nitrogens with zero attached hydrogens (tertiary/aromatic N) is 1. The van der Waals surface area contributed by atoms with Crippen molar-refractivity contribution in [3.05, 3.63) is 35.0 Å². The first kappa shape index (κ1) is 20.6. The Morgan fingerprint density at radius 2 is 2.07 bits per heavy atom. The van der Waals surface area contributed by atoms with E-state index in [4.69, 9.17) is 5.11 Å². The van der Waals surface area contributed by atoms with E-state index < -0.39 is 24.7 Å². The fourth-order valence-electron chi connectivity index (χ4n) is 2.51. The van der Waals surface area contributed by atoms with Gasteiger partial charge in [0.1, 0.15) is 11.4 Å². The molecule has 0 atom stereocenters. The highest BCUT2D eigenvalue weighted by Gasteiger charge is 2.34. The second-order valence-electron chi connectivity index (χ2n) is 5.80. The molecule has 2 N–H and O–H groups in total. The number of halogens is 3. The van der Waals surface area contributed by atoms with Crippen LogP contribution in [-0.4, -0.2) is 61.5 Å². The largest absolute Gasteiger partial charge is 0.484 e. The Balaban J connectivity index is 2.22. The van der Waals surface area contributed by atoms with Crippen LogP contribution in [0.25, 0.3) is 0 Å². The smallest absolute Gasteiger partial charge is 0.422 e. The fourth-order valence-corrected chi connectivity index (χ4v) is 2.51. The summed E-state index contributed by atoms with van der Waals surface area (Å²) in [5.74, 6) is -1.15. The van der Waals surface area contributed by atoms with Gasteiger partial charge in [0.05, 0.1) is 25.8 Å². The summed E-state index contributed by atoms with van der Waals surface area (Å²) in [6, 6.07) is 4.16. The third kappa shape index (κ3) is 5.13. The topological polar surface area (TPSA) is 88.1 Å². The van der Waals surface area contributed by atoms with Crippen molar-refractivity contribution >= 4 is 17.6 Å². The van der Waals surface area contributed by atoms with Crippen LogP contribution >= 0.6 is 0 Å². The van der Waals surface area contributed by atoms with Gasteiger partial charge in [0.25, 0.3) is 5.91 Å². The van der Waals surface area contributed by atoms with Crippen LogP contribution in [0, 0.1) is 6.92 Å². The number of rotatable bonds is 7. The number of amides is 1. The lowest BCUT2D eigenvalue weighted by Gasteiger charge is -2.16. The Labute approximate surface area is 153 Å². The lowest BCUT2D eigenvalue weighted by Crippen LogP contribution is -2.31. The molecule has 1 aliphatic rings. The maximum atomic E-state index is 12.5. The predicted octanol–water partition coefficient (Wildman–Crippen LogP) is 1.61. The van der Waals surface area contributed by atoms with E-state index in [-0.39, 0.29) is 36.7 Å². The number of benzene rings is 1. The molecule has 148 valence electrons. The molecule has 0 fully saturated rings. The van der Waals surface area contributed by atoms with Crippen LogP contribution in [-0.2, 0) is 14.3 Å². The lowest BCUT2D eigenvalue weighted by molar-refractivity contribution is -0.153. The standard InChI is InChI=1S/C17H19F3N2O5/c1-10-7-11(27-9-17(18,19)20)3-4-13(10)21-14-12(16(25)26-2)8-22(5-6-23)15(14)24/h3-4,7,21,23H,5-6,8-9H2,1-2H3. The molecule has 10 heteroatoms. The number of carbonyl (C=O) groups excluding carboxylic acids is 2. The van der Waals surface area contributed by atoms with E-state index in [0.29, 0.717) is 11.3 Å². The molecule has 0 unspecified atom stereocenters. The summed E-state index contributed by atoms with van der Waals surface area (Å²) in [4.78, 5) is 25.7. The molecule has 0 bridgehead atoms. The minimum absolute atomic E-state index is 0.00219. The monoisotopic (exact) mass is 388 g/mol. The van der Waals surface area contributed by atoms with Gasteiger partial charge in [-0.15, -0.1) is 0 Å². The van der Waals surface area contributed by atoms with E-state index >= 15 is 0 Å². The van der Waals surface area contributed by atoms with Crippen molar-refractivity contribution in [3.63, 3.8) is 0 Å². The summed E-state index contributed by atoms with van der Waals surface area (Å²) in [5.41, 5.74) is 1.04. The molecule has 0 saturated carbocycles. The van der Waals surface area contributed by atoms with Gasteiger partial charge in [-0.05, 0) is 30.7 Å². The fraction of sp³-hybridized carbons (Fsp3) is 0.412. The SMILES string of the molecule is COC(=O)C1=C(Nc2ccc(OCC(F)(F)F)cc2C)C(=O)N(CCO)C1. The van der Waals surface area contributed by atoms with Crippen molar-refractivity contribution in [1.29, 1.82) is 0 Å². The van der Waals surface area contributed by atoms with Gasteiger partial charge in [-0.1, -0.05) is 0 Å². The van der Waals surface area contributed by atoms with Gasteiger partial charge < -0.3 is 24.8 Å². The number of hydrogen-bond acceptors (Lipinski definition) is 6. The van der Waals surface area contributed by atoms with Crippen LogP contribution in [0.1, 0.15) is 5.56 Å². The molecule has 1 aromatic carbocycles. The van der Waals surface area contributed by atoms with Gasteiger partial charge in [-0.3, -0.25) is 4.79 Å². The average molecular weight is 388 g/mol. The minimum Gasteiger partial charge on any atom is -0.484 e. The van der Waals surface area contributed by atoms with Crippen LogP contribution < -0.4 is 10.1 Å². The van der Waals surface area contributed by atoms with Crippen molar-refractivity contribution in [2.75, 3.05) is 38.7 Å². The predicted molar refractivity (Wildman–Crippen MR) is 89.1 cm³/mol. The van der Waals surface area contributed by atoms with E-state index in [2.05, 4.69) is 14.8 Å². The molecule has 1 amide bonds. The van der Waals surface area contributed by atoms with Crippen molar-refractivity contribution < 1.29 is 37.3 Å². The molecule has 1 aliphatic heterocycles. The number of β-amino-alcohol motifs (C(OH)–C–C–N with tert-alkyl or cyclic N) is 1. The highest BCUT2D eigenvalue weighted by molar-refractivity contribution is 6.08. The number of aliphatic hydroxyl groups excluding tert-OH is 1. The normalized spacial score (nSPS) is 14.6. The number of aryl methyl sites for hydroxylation is 1. The lowest BCUT2D eigenvalue weighted by atomic mass is 10.1. The summed E-state index contributed by atoms with van der Waals surface area (Å²) >= 11 is 0. The molecule has 2 rings (SSSR count). The van der Waals surface area contributed by atoms with Gasteiger partial charge in [0, 0.05) is 12.2 Å². The van der Waals surface area contributed by atoms with E-state index in [1.165, 1.54) is 30.2 Å². The minimum atomic E-state index is -4.45. The molecule has 0 aliphatic carbocycles. The maximum absolute atomic E-state index is 12.5. The highest BCUT2D eigenvalue weighted by Crippen LogP contribution is 2.27. The van der Waals surface area contributed by atoms with E-state index in [9.17, 15) is 22.8 Å². The van der Waals surface area contributed by atoms with Gasteiger partial charge in [-0.2, -0.15) is 13.2 Å². The quantitative estimate of drug-likeness (QED) is 0.690. The van der Waals surface area contributed by atoms with E-state index in [0.717, 1.165) is 0 Å². The van der Waals surface area contributed by atoms with Crippen LogP contribution in [0.4, 0.5) is 18.9 Å². The number of anilines is 1. The molecule has 1 heterocycles. The molecular weight excluding hydrogens is 369 g/mol. The first-order valence-corrected chi connectivity index (χ1v) is 7.95. The molecule has 0 saturated heterocycles.